The molecule has 2 saturated carbocycles. The highest BCUT2D eigenvalue weighted by Crippen LogP contribution is 2.76. The number of rotatable bonds is 2. The monoisotopic (exact) mass is 456 g/mol. The number of allylic oxidation sites excluding steroid dienone is 1. The largest absolute Gasteiger partial charge is 0.468 e. The lowest BCUT2D eigenvalue weighted by Crippen LogP contribution is -2.67. The first kappa shape index (κ1) is 23.6. The molecule has 33 heavy (non-hydrogen) atoms. The van der Waals surface area contributed by atoms with Crippen LogP contribution in [0.25, 0.3) is 0 Å². The van der Waals surface area contributed by atoms with Crippen LogP contribution in [-0.4, -0.2) is 46.9 Å². The van der Waals surface area contributed by atoms with Crippen molar-refractivity contribution in [3.05, 3.63) is 35.5 Å². The molecule has 3 aliphatic carbocycles. The number of ether oxygens (including phenoxy) is 2. The minimum Gasteiger partial charge on any atom is -0.468 e. The summed E-state index contributed by atoms with van der Waals surface area (Å²) in [6.45, 7) is 14.4. The zero-order valence-electron chi connectivity index (χ0n) is 20.4. The first-order valence-electron chi connectivity index (χ1n) is 11.2. The first-order valence-corrected chi connectivity index (χ1v) is 11.2. The lowest BCUT2D eigenvalue weighted by Gasteiger charge is -2.61. The Morgan fingerprint density at radius 1 is 1.15 bits per heavy atom. The van der Waals surface area contributed by atoms with E-state index in [1.165, 1.54) is 13.2 Å². The quantitative estimate of drug-likeness (QED) is 0.387. The molecule has 7 nitrogen and oxygen atoms in total. The Bertz CT molecular complexity index is 1110. The van der Waals surface area contributed by atoms with Gasteiger partial charge in [-0.05, 0) is 59.5 Å². The highest BCUT2D eigenvalue weighted by Gasteiger charge is 2.85. The van der Waals surface area contributed by atoms with Gasteiger partial charge in [0.1, 0.15) is 11.0 Å². The summed E-state index contributed by atoms with van der Waals surface area (Å²) in [5.74, 6) is -2.77. The summed E-state index contributed by atoms with van der Waals surface area (Å²) in [7, 11) is 1.19. The summed E-state index contributed by atoms with van der Waals surface area (Å²) in [4.78, 5) is 52.4. The minimum absolute atomic E-state index is 0.209. The molecule has 2 fully saturated rings. The maximum Gasteiger partial charge on any atom is 0.331 e. The predicted octanol–water partition coefficient (Wildman–Crippen LogP) is 3.01. The van der Waals surface area contributed by atoms with Gasteiger partial charge in [0, 0.05) is 16.9 Å². The smallest absolute Gasteiger partial charge is 0.331 e. The number of hydrogen-bond acceptors (Lipinski definition) is 7. The van der Waals surface area contributed by atoms with Crippen molar-refractivity contribution >= 4 is 23.5 Å². The van der Waals surface area contributed by atoms with Crippen molar-refractivity contribution < 1.29 is 33.8 Å². The van der Waals surface area contributed by atoms with Crippen molar-refractivity contribution in [3.8, 4) is 0 Å². The Labute approximate surface area is 193 Å². The Balaban J connectivity index is 2.13. The fourth-order valence-corrected chi connectivity index (χ4v) is 7.64. The second kappa shape index (κ2) is 6.32. The summed E-state index contributed by atoms with van der Waals surface area (Å²) < 4.78 is 10.9. The molecule has 1 heterocycles. The molecule has 7 heteroatoms. The number of esters is 2. The molecule has 0 radical (unpaired) electrons. The summed E-state index contributed by atoms with van der Waals surface area (Å²) in [5, 5.41) is 11.9. The highest BCUT2D eigenvalue weighted by molar-refractivity contribution is 6.22. The van der Waals surface area contributed by atoms with Crippen molar-refractivity contribution in [3.63, 3.8) is 0 Å². The number of Topliss-reactive ketones (excluding diaryl/α,β-unsaturated/α-hetero) is 2. The predicted molar refractivity (Wildman–Crippen MR) is 119 cm³/mol. The zero-order valence-corrected chi connectivity index (χ0v) is 20.4. The van der Waals surface area contributed by atoms with Crippen molar-refractivity contribution in [2.75, 3.05) is 7.11 Å². The minimum atomic E-state index is -2.59. The van der Waals surface area contributed by atoms with Crippen LogP contribution in [0.2, 0.25) is 0 Å². The molecule has 5 atom stereocenters. The van der Waals surface area contributed by atoms with Crippen LogP contribution in [0.3, 0.4) is 0 Å². The molecule has 4 aliphatic rings. The molecule has 1 N–H and O–H groups in total. The van der Waals surface area contributed by atoms with Crippen LogP contribution in [0.5, 0.6) is 0 Å². The molecule has 0 amide bonds. The normalized spacial score (nSPS) is 43.5. The second-order valence-electron chi connectivity index (χ2n) is 11.0. The molecule has 178 valence electrons. The summed E-state index contributed by atoms with van der Waals surface area (Å²) in [6.07, 6.45) is 4.31. The van der Waals surface area contributed by atoms with Gasteiger partial charge in [-0.1, -0.05) is 30.7 Å². The number of fused-ring (bicyclic) bond motifs is 4. The number of hydrogen-bond donors (Lipinski definition) is 1. The standard InChI is InChI=1S/C26H32O7/c1-14-17-13-22(6)15(2)25(20(30)32-8,26(31,16(3)27)19(22)29)23(17,7)11-12-24(14)10-9-18(28)33-21(24,4)5/h9-10,31H,2,11-13H2,1,3-8H3/t22-,23+,24-,25+,26-/m0/s1. The van der Waals surface area contributed by atoms with Gasteiger partial charge in [-0.2, -0.15) is 0 Å². The van der Waals surface area contributed by atoms with Gasteiger partial charge in [0.05, 0.1) is 12.5 Å². The first-order chi connectivity index (χ1) is 15.0. The van der Waals surface area contributed by atoms with Crippen molar-refractivity contribution in [1.82, 2.24) is 0 Å². The molecular formula is C26H32O7. The zero-order chi connectivity index (χ0) is 25.0. The number of ketones is 2. The highest BCUT2D eigenvalue weighted by atomic mass is 16.6. The van der Waals surface area contributed by atoms with Crippen LogP contribution < -0.4 is 0 Å². The summed E-state index contributed by atoms with van der Waals surface area (Å²) >= 11 is 0. The molecule has 1 aliphatic heterocycles. The third-order valence-electron chi connectivity index (χ3n) is 9.59. The van der Waals surface area contributed by atoms with Crippen molar-refractivity contribution in [1.29, 1.82) is 0 Å². The van der Waals surface area contributed by atoms with E-state index in [2.05, 4.69) is 6.58 Å². The van der Waals surface area contributed by atoms with E-state index >= 15 is 0 Å². The Morgan fingerprint density at radius 2 is 1.76 bits per heavy atom. The third-order valence-corrected chi connectivity index (χ3v) is 9.59. The van der Waals surface area contributed by atoms with E-state index < -0.39 is 56.4 Å². The van der Waals surface area contributed by atoms with Crippen LogP contribution in [0.15, 0.2) is 35.5 Å². The van der Waals surface area contributed by atoms with Crippen LogP contribution in [0.1, 0.15) is 60.8 Å². The molecule has 4 rings (SSSR count). The van der Waals surface area contributed by atoms with Gasteiger partial charge in [0.15, 0.2) is 11.6 Å². The number of aliphatic hydroxyl groups is 1. The second-order valence-corrected chi connectivity index (χ2v) is 11.0. The molecule has 0 aromatic heterocycles. The fraction of sp³-hybridized carbons (Fsp3) is 0.615. The van der Waals surface area contributed by atoms with Gasteiger partial charge in [-0.15, -0.1) is 0 Å². The molecule has 0 aromatic rings. The Kier molecular flexibility index (Phi) is 4.52. The Morgan fingerprint density at radius 3 is 2.27 bits per heavy atom. The lowest BCUT2D eigenvalue weighted by atomic mass is 9.42. The van der Waals surface area contributed by atoms with Crippen molar-refractivity contribution in [2.24, 2.45) is 21.7 Å². The van der Waals surface area contributed by atoms with Gasteiger partial charge in [-0.25, -0.2) is 4.79 Å². The number of cyclic esters (lactones) is 1. The Hall–Kier alpha value is -2.54. The van der Waals surface area contributed by atoms with Gasteiger partial charge < -0.3 is 14.6 Å². The van der Waals surface area contributed by atoms with Gasteiger partial charge in [0.2, 0.25) is 5.60 Å². The average Bonchev–Trinajstić information content (AvgIpc) is 2.83. The summed E-state index contributed by atoms with van der Waals surface area (Å²) in [5.41, 5.74) is -6.60. The van der Waals surface area contributed by atoms with E-state index in [1.54, 1.807) is 6.92 Å². The maximum absolute atomic E-state index is 13.8. The van der Waals surface area contributed by atoms with Gasteiger partial charge >= 0.3 is 11.9 Å². The topological polar surface area (TPSA) is 107 Å². The van der Waals surface area contributed by atoms with E-state index in [9.17, 15) is 24.3 Å². The molecule has 0 aromatic carbocycles. The molecular weight excluding hydrogens is 424 g/mol. The van der Waals surface area contributed by atoms with E-state index in [4.69, 9.17) is 9.47 Å². The molecule has 2 bridgehead atoms. The number of carbonyl (C=O) groups excluding carboxylic acids is 4. The lowest BCUT2D eigenvalue weighted by molar-refractivity contribution is -0.187. The molecule has 0 unspecified atom stereocenters. The van der Waals surface area contributed by atoms with Crippen LogP contribution >= 0.6 is 0 Å². The summed E-state index contributed by atoms with van der Waals surface area (Å²) in [6, 6.07) is 0. The molecule has 0 saturated heterocycles. The van der Waals surface area contributed by atoms with E-state index in [0.29, 0.717) is 12.8 Å². The van der Waals surface area contributed by atoms with Gasteiger partial charge in [-0.3, -0.25) is 14.4 Å². The van der Waals surface area contributed by atoms with Crippen LogP contribution in [-0.2, 0) is 28.7 Å². The maximum atomic E-state index is 13.8. The number of methoxy groups -OCH3 is 1. The van der Waals surface area contributed by atoms with E-state index in [1.807, 2.05) is 33.8 Å². The van der Waals surface area contributed by atoms with Crippen LogP contribution in [0.4, 0.5) is 0 Å². The average molecular weight is 457 g/mol. The SMILES string of the molecule is C=C1[C@]2(C)CC3=C(C)[C@]4(C=CC(=O)OC4(C)C)CC[C@@]3(C)[C@@]1(C(=O)OC)[C@](O)(C(C)=O)C2=O. The third kappa shape index (κ3) is 2.16. The van der Waals surface area contributed by atoms with Crippen molar-refractivity contribution in [2.45, 2.75) is 72.0 Å². The van der Waals surface area contributed by atoms with E-state index in [0.717, 1.165) is 18.1 Å². The number of carbonyl (C=O) groups is 4. The van der Waals surface area contributed by atoms with E-state index in [-0.39, 0.29) is 12.0 Å². The van der Waals surface area contributed by atoms with Crippen LogP contribution in [0, 0.1) is 21.7 Å². The fourth-order valence-electron chi connectivity index (χ4n) is 7.64. The molecule has 1 spiro atoms. The van der Waals surface area contributed by atoms with Gasteiger partial charge in [0.25, 0.3) is 0 Å².